The van der Waals surface area contributed by atoms with Crippen molar-refractivity contribution in [2.75, 3.05) is 18.6 Å². The maximum absolute atomic E-state index is 3.58. The van der Waals surface area contributed by atoms with Crippen molar-refractivity contribution in [3.63, 3.8) is 0 Å². The Bertz CT molecular complexity index is 115. The monoisotopic (exact) mass is 217 g/mol. The van der Waals surface area contributed by atoms with Crippen LogP contribution in [0.15, 0.2) is 0 Å². The smallest absolute Gasteiger partial charge is 0.00411 e. The topological polar surface area (TPSA) is 12.0 Å². The number of thioether (sulfide) groups is 1. The summed E-state index contributed by atoms with van der Waals surface area (Å²) in [6.45, 7) is 8.07. The van der Waals surface area contributed by atoms with Crippen LogP contribution in [0.2, 0.25) is 0 Å². The third-order valence-electron chi connectivity index (χ3n) is 2.34. The fourth-order valence-electron chi connectivity index (χ4n) is 1.69. The molecule has 0 aliphatic carbocycles. The van der Waals surface area contributed by atoms with E-state index >= 15 is 0 Å². The van der Waals surface area contributed by atoms with Crippen LogP contribution in [0.3, 0.4) is 0 Å². The number of hydrogen-bond acceptors (Lipinski definition) is 2. The van der Waals surface area contributed by atoms with E-state index in [0.717, 1.165) is 5.92 Å². The van der Waals surface area contributed by atoms with Gasteiger partial charge in [0.05, 0.1) is 0 Å². The highest BCUT2D eigenvalue weighted by Gasteiger charge is 2.02. The second-order valence-corrected chi connectivity index (χ2v) is 5.52. The first-order chi connectivity index (χ1) is 6.66. The van der Waals surface area contributed by atoms with Crippen LogP contribution in [0.5, 0.6) is 0 Å². The molecule has 1 unspecified atom stereocenters. The predicted octanol–water partition coefficient (Wildman–Crippen LogP) is 3.54. The zero-order valence-electron chi connectivity index (χ0n) is 10.3. The van der Waals surface area contributed by atoms with Crippen LogP contribution in [0.4, 0.5) is 0 Å². The van der Waals surface area contributed by atoms with Gasteiger partial charge in [-0.3, -0.25) is 0 Å². The Morgan fingerprint density at radius 3 is 2.36 bits per heavy atom. The van der Waals surface area contributed by atoms with Crippen LogP contribution in [0, 0.1) is 5.92 Å². The average molecular weight is 217 g/mol. The summed E-state index contributed by atoms with van der Waals surface area (Å²) in [6.07, 6.45) is 7.57. The van der Waals surface area contributed by atoms with E-state index in [0.29, 0.717) is 6.04 Å². The molecule has 0 rings (SSSR count). The van der Waals surface area contributed by atoms with Crippen molar-refractivity contribution in [3.05, 3.63) is 0 Å². The van der Waals surface area contributed by atoms with E-state index in [1.165, 1.54) is 38.0 Å². The van der Waals surface area contributed by atoms with Gasteiger partial charge in [0.1, 0.15) is 0 Å². The summed E-state index contributed by atoms with van der Waals surface area (Å²) in [7, 11) is 0. The van der Waals surface area contributed by atoms with Gasteiger partial charge in [-0.25, -0.2) is 0 Å². The van der Waals surface area contributed by atoms with Crippen molar-refractivity contribution in [3.8, 4) is 0 Å². The summed E-state index contributed by atoms with van der Waals surface area (Å²) < 4.78 is 0. The third kappa shape index (κ3) is 10.4. The van der Waals surface area contributed by atoms with Gasteiger partial charge in [-0.15, -0.1) is 0 Å². The molecule has 0 saturated carbocycles. The van der Waals surface area contributed by atoms with E-state index in [-0.39, 0.29) is 0 Å². The molecule has 0 heterocycles. The lowest BCUT2D eigenvalue weighted by Crippen LogP contribution is -2.28. The summed E-state index contributed by atoms with van der Waals surface area (Å²) in [5.41, 5.74) is 0. The van der Waals surface area contributed by atoms with Gasteiger partial charge in [0.15, 0.2) is 0 Å². The van der Waals surface area contributed by atoms with Crippen molar-refractivity contribution in [1.82, 2.24) is 5.32 Å². The van der Waals surface area contributed by atoms with Gasteiger partial charge in [0.2, 0.25) is 0 Å². The lowest BCUT2D eigenvalue weighted by Gasteiger charge is -2.15. The summed E-state index contributed by atoms with van der Waals surface area (Å²) >= 11 is 1.95. The number of nitrogens with one attached hydrogen (secondary N) is 1. The predicted molar refractivity (Wildman–Crippen MR) is 69.2 cm³/mol. The van der Waals surface area contributed by atoms with Gasteiger partial charge >= 0.3 is 0 Å². The molecule has 0 fully saturated rings. The quantitative estimate of drug-likeness (QED) is 0.593. The van der Waals surface area contributed by atoms with Crippen molar-refractivity contribution < 1.29 is 0 Å². The average Bonchev–Trinajstić information content (AvgIpc) is 2.10. The molecule has 0 amide bonds. The standard InChI is InChI=1S/C12H27NS/c1-11(2)10-12(3)13-8-6-5-7-9-14-4/h11-13H,5-10H2,1-4H3. The highest BCUT2D eigenvalue weighted by molar-refractivity contribution is 7.98. The Labute approximate surface area is 94.4 Å². The molecule has 0 radical (unpaired) electrons. The van der Waals surface area contributed by atoms with Gasteiger partial charge in [-0.1, -0.05) is 20.3 Å². The molecule has 1 atom stereocenters. The molecule has 0 aliphatic heterocycles. The van der Waals surface area contributed by atoms with E-state index in [2.05, 4.69) is 32.3 Å². The Balaban J connectivity index is 3.10. The highest BCUT2D eigenvalue weighted by Crippen LogP contribution is 2.05. The Kier molecular flexibility index (Phi) is 10.1. The molecule has 0 saturated heterocycles. The summed E-state index contributed by atoms with van der Waals surface area (Å²) in [4.78, 5) is 0. The lowest BCUT2D eigenvalue weighted by molar-refractivity contribution is 0.436. The van der Waals surface area contributed by atoms with E-state index in [9.17, 15) is 0 Å². The Hall–Kier alpha value is 0.310. The SMILES string of the molecule is CSCCCCCNC(C)CC(C)C. The third-order valence-corrected chi connectivity index (χ3v) is 3.04. The molecule has 86 valence electrons. The van der Waals surface area contributed by atoms with E-state index < -0.39 is 0 Å². The zero-order valence-corrected chi connectivity index (χ0v) is 11.1. The van der Waals surface area contributed by atoms with Crippen LogP contribution in [-0.4, -0.2) is 24.6 Å². The van der Waals surface area contributed by atoms with Crippen molar-refractivity contribution in [2.24, 2.45) is 5.92 Å². The van der Waals surface area contributed by atoms with Crippen molar-refractivity contribution >= 4 is 11.8 Å². The van der Waals surface area contributed by atoms with Crippen LogP contribution in [-0.2, 0) is 0 Å². The van der Waals surface area contributed by atoms with Crippen LogP contribution >= 0.6 is 11.8 Å². The normalized spacial score (nSPS) is 13.5. The number of rotatable bonds is 9. The molecule has 0 aromatic carbocycles. The molecular formula is C12H27NS. The van der Waals surface area contributed by atoms with Gasteiger partial charge in [-0.2, -0.15) is 11.8 Å². The molecule has 0 aromatic rings. The highest BCUT2D eigenvalue weighted by atomic mass is 32.2. The maximum Gasteiger partial charge on any atom is 0.00411 e. The van der Waals surface area contributed by atoms with E-state index in [4.69, 9.17) is 0 Å². The molecule has 0 aromatic heterocycles. The minimum absolute atomic E-state index is 0.690. The van der Waals surface area contributed by atoms with E-state index in [1.54, 1.807) is 0 Å². The molecule has 1 nitrogen and oxygen atoms in total. The molecule has 2 heteroatoms. The van der Waals surface area contributed by atoms with E-state index in [1.807, 2.05) is 11.8 Å². The van der Waals surface area contributed by atoms with Crippen LogP contribution in [0.25, 0.3) is 0 Å². The molecule has 14 heavy (non-hydrogen) atoms. The van der Waals surface area contributed by atoms with Crippen LogP contribution in [0.1, 0.15) is 46.5 Å². The van der Waals surface area contributed by atoms with Crippen molar-refractivity contribution in [1.29, 1.82) is 0 Å². The lowest BCUT2D eigenvalue weighted by atomic mass is 10.1. The number of unbranched alkanes of at least 4 members (excludes halogenated alkanes) is 2. The second kappa shape index (κ2) is 9.85. The molecular weight excluding hydrogens is 190 g/mol. The van der Waals surface area contributed by atoms with Gasteiger partial charge in [-0.05, 0) is 50.7 Å². The fraction of sp³-hybridized carbons (Fsp3) is 1.00. The molecule has 0 bridgehead atoms. The summed E-state index contributed by atoms with van der Waals surface area (Å²) in [5.74, 6) is 2.13. The van der Waals surface area contributed by atoms with Crippen molar-refractivity contribution in [2.45, 2.75) is 52.5 Å². The Morgan fingerprint density at radius 1 is 1.07 bits per heavy atom. The second-order valence-electron chi connectivity index (χ2n) is 4.54. The maximum atomic E-state index is 3.58. The van der Waals surface area contributed by atoms with Gasteiger partial charge < -0.3 is 5.32 Å². The minimum atomic E-state index is 0.690. The summed E-state index contributed by atoms with van der Waals surface area (Å²) in [5, 5.41) is 3.58. The molecule has 0 aliphatic rings. The first-order valence-electron chi connectivity index (χ1n) is 5.89. The molecule has 0 spiro atoms. The largest absolute Gasteiger partial charge is 0.314 e. The first kappa shape index (κ1) is 14.3. The molecule has 1 N–H and O–H groups in total. The summed E-state index contributed by atoms with van der Waals surface area (Å²) in [6, 6.07) is 0.690. The zero-order chi connectivity index (χ0) is 10.8. The number of hydrogen-bond donors (Lipinski definition) is 1. The van der Waals surface area contributed by atoms with Gasteiger partial charge in [0.25, 0.3) is 0 Å². The fourth-order valence-corrected chi connectivity index (χ4v) is 2.18. The van der Waals surface area contributed by atoms with Crippen LogP contribution < -0.4 is 5.32 Å². The van der Waals surface area contributed by atoms with Gasteiger partial charge in [0, 0.05) is 6.04 Å². The first-order valence-corrected chi connectivity index (χ1v) is 7.28. The Morgan fingerprint density at radius 2 is 1.79 bits per heavy atom. The minimum Gasteiger partial charge on any atom is -0.314 e.